The summed E-state index contributed by atoms with van der Waals surface area (Å²) in [7, 11) is 0. The summed E-state index contributed by atoms with van der Waals surface area (Å²) in [6.45, 7) is 3.99. The highest BCUT2D eigenvalue weighted by Crippen LogP contribution is 2.29. The van der Waals surface area contributed by atoms with Crippen LogP contribution in [-0.2, 0) is 0 Å². The van der Waals surface area contributed by atoms with Gasteiger partial charge in [-0.1, -0.05) is 42.0 Å². The third kappa shape index (κ3) is 3.13. The minimum atomic E-state index is -0.206. The van der Waals surface area contributed by atoms with Gasteiger partial charge in [0, 0.05) is 5.56 Å². The summed E-state index contributed by atoms with van der Waals surface area (Å²) in [6.07, 6.45) is 0. The van der Waals surface area contributed by atoms with Gasteiger partial charge in [-0.3, -0.25) is 4.79 Å². The molecule has 26 heavy (non-hydrogen) atoms. The van der Waals surface area contributed by atoms with Crippen molar-refractivity contribution >= 4 is 28.3 Å². The number of amides is 1. The van der Waals surface area contributed by atoms with Crippen molar-refractivity contribution in [3.05, 3.63) is 76.2 Å². The first-order chi connectivity index (χ1) is 12.6. The maximum atomic E-state index is 12.8. The predicted octanol–water partition coefficient (Wildman–Crippen LogP) is 5.09. The fraction of sp³-hybridized carbons (Fsp3) is 0.143. The van der Waals surface area contributed by atoms with Crippen molar-refractivity contribution in [1.29, 1.82) is 0 Å². The first kappa shape index (κ1) is 16.5. The normalized spacial score (nSPS) is 12.2. The maximum Gasteiger partial charge on any atom is 0.262 e. The number of H-pyrrole nitrogens is 1. The van der Waals surface area contributed by atoms with Crippen LogP contribution in [0.1, 0.15) is 34.0 Å². The zero-order valence-corrected chi connectivity index (χ0v) is 15.4. The van der Waals surface area contributed by atoms with Gasteiger partial charge in [-0.05, 0) is 43.0 Å². The standard InChI is InChI=1S/C21H19N3OS/c1-13-7-9-15(10-8-13)16-11-12-26-19(16)21(25)22-14(2)20-23-17-5-3-4-6-18(17)24-20/h3-12,14H,1-2H3,(H,22,25)(H,23,24). The van der Waals surface area contributed by atoms with Crippen LogP contribution in [0.15, 0.2) is 60.0 Å². The van der Waals surface area contributed by atoms with Crippen LogP contribution in [0.25, 0.3) is 22.2 Å². The highest BCUT2D eigenvalue weighted by molar-refractivity contribution is 7.12. The van der Waals surface area contributed by atoms with Crippen molar-refractivity contribution in [3.63, 3.8) is 0 Å². The zero-order chi connectivity index (χ0) is 18.1. The molecule has 4 nitrogen and oxygen atoms in total. The molecule has 2 aromatic heterocycles. The molecule has 0 aliphatic carbocycles. The van der Waals surface area contributed by atoms with Crippen LogP contribution >= 0.6 is 11.3 Å². The quantitative estimate of drug-likeness (QED) is 0.532. The van der Waals surface area contributed by atoms with Gasteiger partial charge < -0.3 is 10.3 Å². The number of rotatable bonds is 4. The number of carbonyl (C=O) groups is 1. The molecule has 1 atom stereocenters. The molecule has 1 amide bonds. The molecule has 0 saturated carbocycles. The van der Waals surface area contributed by atoms with Gasteiger partial charge in [0.05, 0.1) is 22.0 Å². The van der Waals surface area contributed by atoms with Gasteiger partial charge in [0.25, 0.3) is 5.91 Å². The molecule has 0 aliphatic rings. The molecular formula is C21H19N3OS. The highest BCUT2D eigenvalue weighted by atomic mass is 32.1. The number of nitrogens with one attached hydrogen (secondary N) is 2. The van der Waals surface area contributed by atoms with Crippen LogP contribution in [0, 0.1) is 6.92 Å². The van der Waals surface area contributed by atoms with E-state index in [4.69, 9.17) is 0 Å². The third-order valence-electron chi connectivity index (χ3n) is 4.40. The summed E-state index contributed by atoms with van der Waals surface area (Å²) in [5.41, 5.74) is 5.09. The Morgan fingerprint density at radius 2 is 1.88 bits per heavy atom. The Kier molecular flexibility index (Phi) is 4.31. The Labute approximate surface area is 155 Å². The van der Waals surface area contributed by atoms with Crippen LogP contribution in [0.5, 0.6) is 0 Å². The number of thiophene rings is 1. The number of fused-ring (bicyclic) bond motifs is 1. The molecule has 0 radical (unpaired) electrons. The molecule has 0 spiro atoms. The Bertz CT molecular complexity index is 1030. The van der Waals surface area contributed by atoms with E-state index in [2.05, 4.69) is 46.5 Å². The van der Waals surface area contributed by atoms with Crippen molar-refractivity contribution in [2.24, 2.45) is 0 Å². The van der Waals surface area contributed by atoms with E-state index in [1.807, 2.05) is 42.6 Å². The number of imidazole rings is 1. The molecular weight excluding hydrogens is 342 g/mol. The summed E-state index contributed by atoms with van der Waals surface area (Å²) in [4.78, 5) is 21.4. The minimum absolute atomic E-state index is 0.0801. The maximum absolute atomic E-state index is 12.8. The molecule has 1 unspecified atom stereocenters. The van der Waals surface area contributed by atoms with E-state index >= 15 is 0 Å². The van der Waals surface area contributed by atoms with Crippen molar-refractivity contribution in [2.45, 2.75) is 19.9 Å². The summed E-state index contributed by atoms with van der Waals surface area (Å²) in [5.74, 6) is 0.677. The third-order valence-corrected chi connectivity index (χ3v) is 5.31. The largest absolute Gasteiger partial charge is 0.342 e. The lowest BCUT2D eigenvalue weighted by Gasteiger charge is -2.12. The molecule has 130 valence electrons. The lowest BCUT2D eigenvalue weighted by molar-refractivity contribution is 0.0943. The summed E-state index contributed by atoms with van der Waals surface area (Å²) in [6, 6.07) is 17.9. The SMILES string of the molecule is Cc1ccc(-c2ccsc2C(=O)NC(C)c2nc3ccccc3[nH]2)cc1. The van der Waals surface area contributed by atoms with Gasteiger partial charge in [0.15, 0.2) is 0 Å². The number of para-hydroxylation sites is 2. The highest BCUT2D eigenvalue weighted by Gasteiger charge is 2.19. The number of nitrogens with zero attached hydrogens (tertiary/aromatic N) is 1. The van der Waals surface area contributed by atoms with Gasteiger partial charge in [0.1, 0.15) is 5.82 Å². The number of benzene rings is 2. The van der Waals surface area contributed by atoms with Crippen LogP contribution in [0.2, 0.25) is 0 Å². The lowest BCUT2D eigenvalue weighted by Crippen LogP contribution is -2.27. The Hall–Kier alpha value is -2.92. The molecule has 0 aliphatic heterocycles. The summed E-state index contributed by atoms with van der Waals surface area (Å²) >= 11 is 1.46. The number of aromatic nitrogens is 2. The molecule has 2 aromatic carbocycles. The summed E-state index contributed by atoms with van der Waals surface area (Å²) in [5, 5.41) is 5.01. The number of hydrogen-bond donors (Lipinski definition) is 2. The van der Waals surface area contributed by atoms with Crippen LogP contribution < -0.4 is 5.32 Å². The van der Waals surface area contributed by atoms with Crippen LogP contribution in [-0.4, -0.2) is 15.9 Å². The average molecular weight is 361 g/mol. The molecule has 0 bridgehead atoms. The molecule has 4 rings (SSSR count). The van der Waals surface area contributed by atoms with Crippen LogP contribution in [0.4, 0.5) is 0 Å². The molecule has 2 heterocycles. The van der Waals surface area contributed by atoms with E-state index in [0.717, 1.165) is 32.9 Å². The first-order valence-electron chi connectivity index (χ1n) is 8.52. The van der Waals surface area contributed by atoms with Gasteiger partial charge >= 0.3 is 0 Å². The number of carbonyl (C=O) groups excluding carboxylic acids is 1. The van der Waals surface area contributed by atoms with E-state index < -0.39 is 0 Å². The Morgan fingerprint density at radius 3 is 2.65 bits per heavy atom. The first-order valence-corrected chi connectivity index (χ1v) is 9.40. The second-order valence-electron chi connectivity index (χ2n) is 6.36. The number of aryl methyl sites for hydroxylation is 1. The monoisotopic (exact) mass is 361 g/mol. The number of hydrogen-bond acceptors (Lipinski definition) is 3. The van der Waals surface area contributed by atoms with Gasteiger partial charge in [0.2, 0.25) is 0 Å². The van der Waals surface area contributed by atoms with E-state index in [9.17, 15) is 4.79 Å². The Morgan fingerprint density at radius 1 is 1.12 bits per heavy atom. The van der Waals surface area contributed by atoms with Gasteiger partial charge in [-0.2, -0.15) is 0 Å². The minimum Gasteiger partial charge on any atom is -0.342 e. The van der Waals surface area contributed by atoms with E-state index in [1.54, 1.807) is 0 Å². The second-order valence-corrected chi connectivity index (χ2v) is 7.28. The zero-order valence-electron chi connectivity index (χ0n) is 14.6. The fourth-order valence-electron chi connectivity index (χ4n) is 2.95. The van der Waals surface area contributed by atoms with E-state index in [1.165, 1.54) is 16.9 Å². The smallest absolute Gasteiger partial charge is 0.262 e. The molecule has 0 fully saturated rings. The average Bonchev–Trinajstić information content (AvgIpc) is 3.29. The second kappa shape index (κ2) is 6.77. The van der Waals surface area contributed by atoms with Gasteiger partial charge in [-0.15, -0.1) is 11.3 Å². The Balaban J connectivity index is 1.57. The fourth-order valence-corrected chi connectivity index (χ4v) is 3.77. The van der Waals surface area contributed by atoms with Crippen molar-refractivity contribution in [1.82, 2.24) is 15.3 Å². The van der Waals surface area contributed by atoms with E-state index in [-0.39, 0.29) is 11.9 Å². The number of aromatic amines is 1. The molecule has 2 N–H and O–H groups in total. The lowest BCUT2D eigenvalue weighted by atomic mass is 10.0. The molecule has 0 saturated heterocycles. The summed E-state index contributed by atoms with van der Waals surface area (Å²) < 4.78 is 0. The predicted molar refractivity (Wildman–Crippen MR) is 106 cm³/mol. The van der Waals surface area contributed by atoms with Crippen LogP contribution in [0.3, 0.4) is 0 Å². The van der Waals surface area contributed by atoms with Crippen molar-refractivity contribution in [3.8, 4) is 11.1 Å². The van der Waals surface area contributed by atoms with Gasteiger partial charge in [-0.25, -0.2) is 4.98 Å². The molecule has 4 aromatic rings. The van der Waals surface area contributed by atoms with E-state index in [0.29, 0.717) is 0 Å². The topological polar surface area (TPSA) is 57.8 Å². The van der Waals surface area contributed by atoms with Crippen molar-refractivity contribution < 1.29 is 4.79 Å². The van der Waals surface area contributed by atoms with Crippen molar-refractivity contribution in [2.75, 3.05) is 0 Å². The molecule has 5 heteroatoms.